The second-order valence-electron chi connectivity index (χ2n) is 5.73. The lowest BCUT2D eigenvalue weighted by molar-refractivity contribution is 0.282. The number of rotatable bonds is 8. The first-order chi connectivity index (χ1) is 10.6. The highest BCUT2D eigenvalue weighted by Crippen LogP contribution is 2.25. The van der Waals surface area contributed by atoms with Gasteiger partial charge in [-0.3, -0.25) is 4.90 Å². The summed E-state index contributed by atoms with van der Waals surface area (Å²) in [7, 11) is 0. The van der Waals surface area contributed by atoms with Crippen molar-refractivity contribution < 1.29 is 0 Å². The van der Waals surface area contributed by atoms with Crippen LogP contribution in [-0.2, 0) is 6.54 Å². The highest BCUT2D eigenvalue weighted by molar-refractivity contribution is 14.0. The van der Waals surface area contributed by atoms with Crippen LogP contribution in [0.2, 0.25) is 0 Å². The molecular weight excluding hydrogens is 421 g/mol. The van der Waals surface area contributed by atoms with Crippen LogP contribution in [0.3, 0.4) is 0 Å². The Bertz CT molecular complexity index is 479. The van der Waals surface area contributed by atoms with Gasteiger partial charge in [0.25, 0.3) is 0 Å². The minimum Gasteiger partial charge on any atom is -0.357 e. The van der Waals surface area contributed by atoms with E-state index in [1.807, 2.05) is 0 Å². The summed E-state index contributed by atoms with van der Waals surface area (Å²) in [6, 6.07) is 0.826. The summed E-state index contributed by atoms with van der Waals surface area (Å²) in [4.78, 5) is 13.0. The average molecular weight is 451 g/mol. The number of thiazole rings is 1. The van der Waals surface area contributed by atoms with Crippen molar-refractivity contribution in [1.82, 2.24) is 20.5 Å². The number of guanidine groups is 1. The molecule has 0 spiro atoms. The van der Waals surface area contributed by atoms with Crippen molar-refractivity contribution in [2.24, 2.45) is 4.99 Å². The van der Waals surface area contributed by atoms with Gasteiger partial charge in [0.15, 0.2) is 5.96 Å². The van der Waals surface area contributed by atoms with Crippen LogP contribution in [0, 0.1) is 13.8 Å². The Hall–Kier alpha value is -0.410. The Kier molecular flexibility index (Phi) is 9.38. The van der Waals surface area contributed by atoms with Crippen LogP contribution in [0.25, 0.3) is 0 Å². The van der Waals surface area contributed by atoms with Crippen molar-refractivity contribution in [2.75, 3.05) is 26.2 Å². The highest BCUT2D eigenvalue weighted by Gasteiger charge is 2.27. The number of halogens is 1. The summed E-state index contributed by atoms with van der Waals surface area (Å²) < 4.78 is 0. The van der Waals surface area contributed by atoms with Crippen LogP contribution in [0.1, 0.15) is 42.3 Å². The Balaban J connectivity index is 0.00000264. The zero-order valence-corrected chi connectivity index (χ0v) is 17.8. The van der Waals surface area contributed by atoms with Gasteiger partial charge in [0.2, 0.25) is 0 Å². The van der Waals surface area contributed by atoms with Gasteiger partial charge in [-0.1, -0.05) is 6.92 Å². The van der Waals surface area contributed by atoms with E-state index in [9.17, 15) is 0 Å². The van der Waals surface area contributed by atoms with Crippen molar-refractivity contribution in [3.8, 4) is 0 Å². The molecule has 0 radical (unpaired) electrons. The number of likely N-dealkylation sites (N-methyl/N-ethyl adjacent to an activating group) is 1. The van der Waals surface area contributed by atoms with Crippen molar-refractivity contribution >= 4 is 41.3 Å². The molecule has 2 rings (SSSR count). The fourth-order valence-corrected chi connectivity index (χ4v) is 3.31. The molecule has 1 fully saturated rings. The highest BCUT2D eigenvalue weighted by atomic mass is 127. The molecule has 0 saturated heterocycles. The van der Waals surface area contributed by atoms with Crippen molar-refractivity contribution in [3.63, 3.8) is 0 Å². The molecule has 1 aliphatic rings. The van der Waals surface area contributed by atoms with E-state index in [2.05, 4.69) is 53.2 Å². The predicted molar refractivity (Wildman–Crippen MR) is 110 cm³/mol. The first-order valence-corrected chi connectivity index (χ1v) is 9.14. The third-order valence-corrected chi connectivity index (χ3v) is 5.01. The zero-order chi connectivity index (χ0) is 15.9. The van der Waals surface area contributed by atoms with E-state index in [0.717, 1.165) is 48.9 Å². The average Bonchev–Trinajstić information content (AvgIpc) is 3.28. The minimum atomic E-state index is 0. The summed E-state index contributed by atoms with van der Waals surface area (Å²) in [5, 5.41) is 7.83. The van der Waals surface area contributed by atoms with Gasteiger partial charge < -0.3 is 10.6 Å². The van der Waals surface area contributed by atoms with E-state index in [-0.39, 0.29) is 24.0 Å². The van der Waals surface area contributed by atoms with Gasteiger partial charge in [0.05, 0.1) is 12.2 Å². The largest absolute Gasteiger partial charge is 0.357 e. The first kappa shape index (κ1) is 20.6. The zero-order valence-electron chi connectivity index (χ0n) is 14.7. The number of hydrogen-bond donors (Lipinski definition) is 2. The van der Waals surface area contributed by atoms with Crippen LogP contribution in [0.5, 0.6) is 0 Å². The molecule has 1 heterocycles. The van der Waals surface area contributed by atoms with Gasteiger partial charge in [0.1, 0.15) is 5.01 Å². The fourth-order valence-electron chi connectivity index (χ4n) is 2.45. The van der Waals surface area contributed by atoms with Gasteiger partial charge in [-0.25, -0.2) is 9.98 Å². The molecule has 0 unspecified atom stereocenters. The molecule has 0 atom stereocenters. The van der Waals surface area contributed by atoms with Gasteiger partial charge in [-0.2, -0.15) is 0 Å². The second-order valence-corrected chi connectivity index (χ2v) is 7.02. The maximum Gasteiger partial charge on any atom is 0.191 e. The van der Waals surface area contributed by atoms with Crippen LogP contribution in [0.15, 0.2) is 4.99 Å². The molecule has 5 nitrogen and oxygen atoms in total. The third kappa shape index (κ3) is 6.93. The lowest BCUT2D eigenvalue weighted by atomic mass is 10.4. The summed E-state index contributed by atoms with van der Waals surface area (Å²) in [5.74, 6) is 0.889. The third-order valence-electron chi connectivity index (χ3n) is 3.95. The molecule has 0 amide bonds. The lowest BCUT2D eigenvalue weighted by Gasteiger charge is -2.20. The molecule has 23 heavy (non-hydrogen) atoms. The normalized spacial score (nSPS) is 14.7. The van der Waals surface area contributed by atoms with E-state index in [4.69, 9.17) is 0 Å². The number of aliphatic imine (C=N–C) groups is 1. The van der Waals surface area contributed by atoms with E-state index in [1.54, 1.807) is 11.3 Å². The van der Waals surface area contributed by atoms with E-state index >= 15 is 0 Å². The summed E-state index contributed by atoms with van der Waals surface area (Å²) >= 11 is 1.74. The molecule has 1 saturated carbocycles. The Morgan fingerprint density at radius 1 is 1.30 bits per heavy atom. The number of aryl methyl sites for hydroxylation is 2. The van der Waals surface area contributed by atoms with Crippen LogP contribution in [-0.4, -0.2) is 48.1 Å². The quantitative estimate of drug-likeness (QED) is 0.363. The molecule has 0 bridgehead atoms. The number of nitrogens with one attached hydrogen (secondary N) is 2. The molecule has 0 aliphatic heterocycles. The maximum absolute atomic E-state index is 4.65. The van der Waals surface area contributed by atoms with E-state index in [0.29, 0.717) is 6.54 Å². The first-order valence-electron chi connectivity index (χ1n) is 8.33. The predicted octanol–water partition coefficient (Wildman–Crippen LogP) is 2.92. The van der Waals surface area contributed by atoms with Crippen molar-refractivity contribution in [3.05, 3.63) is 15.6 Å². The fraction of sp³-hybridized carbons (Fsp3) is 0.750. The monoisotopic (exact) mass is 451 g/mol. The standard InChI is InChI=1S/C16H29N5S.HI/c1-5-17-16(18-9-10-21(6-2)14-7-8-14)19-11-15-20-12(3)13(4)22-15;/h14H,5-11H2,1-4H3,(H2,17,18,19);1H. The number of hydrogen-bond acceptors (Lipinski definition) is 4. The topological polar surface area (TPSA) is 52.6 Å². The minimum absolute atomic E-state index is 0. The van der Waals surface area contributed by atoms with Gasteiger partial charge in [-0.15, -0.1) is 35.3 Å². The molecule has 1 aliphatic carbocycles. The number of nitrogens with zero attached hydrogens (tertiary/aromatic N) is 3. The molecule has 1 aromatic rings. The van der Waals surface area contributed by atoms with Crippen molar-refractivity contribution in [1.29, 1.82) is 0 Å². The maximum atomic E-state index is 4.65. The van der Waals surface area contributed by atoms with Gasteiger partial charge >= 0.3 is 0 Å². The van der Waals surface area contributed by atoms with Crippen LogP contribution >= 0.6 is 35.3 Å². The molecule has 1 aromatic heterocycles. The Labute approximate surface area is 161 Å². The summed E-state index contributed by atoms with van der Waals surface area (Å²) in [6.07, 6.45) is 2.73. The van der Waals surface area contributed by atoms with Crippen LogP contribution < -0.4 is 10.6 Å². The van der Waals surface area contributed by atoms with E-state index in [1.165, 1.54) is 17.7 Å². The van der Waals surface area contributed by atoms with Gasteiger partial charge in [0, 0.05) is 30.6 Å². The summed E-state index contributed by atoms with van der Waals surface area (Å²) in [6.45, 7) is 13.2. The molecular formula is C16H30IN5S. The lowest BCUT2D eigenvalue weighted by Crippen LogP contribution is -2.42. The second kappa shape index (κ2) is 10.5. The molecule has 0 aromatic carbocycles. The van der Waals surface area contributed by atoms with Crippen LogP contribution in [0.4, 0.5) is 0 Å². The van der Waals surface area contributed by atoms with E-state index < -0.39 is 0 Å². The number of aromatic nitrogens is 1. The van der Waals surface area contributed by atoms with Gasteiger partial charge in [-0.05, 0) is 40.2 Å². The molecule has 7 heteroatoms. The van der Waals surface area contributed by atoms with Crippen molar-refractivity contribution in [2.45, 2.75) is 53.1 Å². The smallest absolute Gasteiger partial charge is 0.191 e. The molecule has 132 valence electrons. The Morgan fingerprint density at radius 2 is 2.04 bits per heavy atom. The SMILES string of the molecule is CCNC(=NCc1nc(C)c(C)s1)NCCN(CC)C1CC1.I. The molecule has 2 N–H and O–H groups in total. The Morgan fingerprint density at radius 3 is 2.57 bits per heavy atom. The summed E-state index contributed by atoms with van der Waals surface area (Å²) in [5.41, 5.74) is 1.12.